The fourth-order valence-corrected chi connectivity index (χ4v) is 0.0950. The van der Waals surface area contributed by atoms with Crippen LogP contribution in [0.1, 0.15) is 0 Å². The summed E-state index contributed by atoms with van der Waals surface area (Å²) in [6, 6.07) is 0. The van der Waals surface area contributed by atoms with Gasteiger partial charge in [0.05, 0.1) is 0 Å². The van der Waals surface area contributed by atoms with Crippen LogP contribution in [0.4, 0.5) is 0 Å². The number of nitrogens with two attached hydrogens (primary N) is 1. The average Bonchev–Trinajstić information content (AvgIpc) is 1.62. The van der Waals surface area contributed by atoms with E-state index in [0.29, 0.717) is 0 Å². The number of hydrogen-bond donors (Lipinski definition) is 5. The number of rotatable bonds is 1. The van der Waals surface area contributed by atoms with Crippen molar-refractivity contribution < 1.29 is 20.4 Å². The highest BCUT2D eigenvalue weighted by atomic mass is 35.5. The van der Waals surface area contributed by atoms with Crippen LogP contribution in [0, 0.1) is 0 Å². The van der Waals surface area contributed by atoms with Gasteiger partial charge in [-0.05, 0) is 0 Å². The van der Waals surface area contributed by atoms with E-state index in [4.69, 9.17) is 20.4 Å². The van der Waals surface area contributed by atoms with Gasteiger partial charge in [0, 0.05) is 0 Å². The second-order valence-corrected chi connectivity index (χ2v) is 1.24. The molecule has 0 rings (SSSR count). The minimum atomic E-state index is -2.82. The molecule has 6 heteroatoms. The molecule has 0 bridgehead atoms. The minimum absolute atomic E-state index is 0. The number of hydrogen-bond acceptors (Lipinski definition) is 5. The van der Waals surface area contributed by atoms with Crippen LogP contribution in [0.3, 0.4) is 0 Å². The lowest BCUT2D eigenvalue weighted by Crippen LogP contribution is -2.41. The van der Waals surface area contributed by atoms with E-state index in [1.807, 2.05) is 0 Å². The van der Waals surface area contributed by atoms with Gasteiger partial charge in [0.2, 0.25) is 5.76 Å². The molecule has 0 aromatic heterocycles. The van der Waals surface area contributed by atoms with E-state index in [2.05, 4.69) is 5.73 Å². The van der Waals surface area contributed by atoms with Crippen molar-refractivity contribution in [2.24, 2.45) is 5.73 Å². The van der Waals surface area contributed by atoms with E-state index in [-0.39, 0.29) is 18.7 Å². The Hall–Kier alpha value is -0.490. The third kappa shape index (κ3) is 4.04. The summed E-state index contributed by atoms with van der Waals surface area (Å²) in [5, 5.41) is 32.3. The van der Waals surface area contributed by atoms with Gasteiger partial charge in [-0.2, -0.15) is 0 Å². The predicted octanol–water partition coefficient (Wildman–Crippen LogP) is -1.04. The zero-order chi connectivity index (χ0) is 6.78. The molecule has 0 unspecified atom stereocenters. The molecule has 0 aromatic carbocycles. The van der Waals surface area contributed by atoms with Crippen LogP contribution in [0.25, 0.3) is 0 Å². The lowest BCUT2D eigenvalue weighted by atomic mass is 10.4. The summed E-state index contributed by atoms with van der Waals surface area (Å²) in [5.74, 6) is -3.92. The molecule has 0 spiro atoms. The highest BCUT2D eigenvalue weighted by molar-refractivity contribution is 5.85. The molecule has 0 radical (unpaired) electrons. The van der Waals surface area contributed by atoms with Gasteiger partial charge < -0.3 is 20.4 Å². The van der Waals surface area contributed by atoms with Crippen molar-refractivity contribution in [3.8, 4) is 0 Å². The SMILES string of the molecule is Cl.NC(O)(O)/C(O)=C/O. The summed E-state index contributed by atoms with van der Waals surface area (Å²) >= 11 is 0. The monoisotopic (exact) mass is 157 g/mol. The summed E-state index contributed by atoms with van der Waals surface area (Å²) in [6.07, 6.45) is 0.0972. The molecule has 0 saturated heterocycles. The van der Waals surface area contributed by atoms with Crippen LogP contribution in [0.2, 0.25) is 0 Å². The molecule has 0 fully saturated rings. The van der Waals surface area contributed by atoms with Gasteiger partial charge in [-0.3, -0.25) is 5.73 Å². The van der Waals surface area contributed by atoms with Crippen molar-refractivity contribution in [2.45, 2.75) is 5.91 Å². The van der Waals surface area contributed by atoms with Crippen LogP contribution in [0.15, 0.2) is 12.0 Å². The Morgan fingerprint density at radius 1 is 1.44 bits per heavy atom. The predicted molar refractivity (Wildman–Crippen MR) is 31.9 cm³/mol. The maximum absolute atomic E-state index is 8.18. The van der Waals surface area contributed by atoms with Gasteiger partial charge in [-0.1, -0.05) is 0 Å². The molecular formula is C3H8ClNO4. The van der Waals surface area contributed by atoms with Gasteiger partial charge in [0.25, 0.3) is 5.91 Å². The number of halogens is 1. The Morgan fingerprint density at radius 3 is 1.78 bits per heavy atom. The molecule has 0 aliphatic heterocycles. The smallest absolute Gasteiger partial charge is 0.284 e. The second kappa shape index (κ2) is 3.52. The molecule has 0 aromatic rings. The summed E-state index contributed by atoms with van der Waals surface area (Å²) in [5.41, 5.74) is 4.42. The standard InChI is InChI=1S/C3H7NO4.ClH/c4-3(7,8)2(6)1-5;/h1,5-8H,4H2;1H/b2-1-;. The Kier molecular flexibility index (Phi) is 4.43. The van der Waals surface area contributed by atoms with Gasteiger partial charge in [0.15, 0.2) is 0 Å². The molecule has 0 aliphatic rings. The highest BCUT2D eigenvalue weighted by Crippen LogP contribution is 1.99. The topological polar surface area (TPSA) is 107 Å². The largest absolute Gasteiger partial charge is 0.512 e. The third-order valence-electron chi connectivity index (χ3n) is 0.499. The van der Waals surface area contributed by atoms with Gasteiger partial charge in [-0.15, -0.1) is 12.4 Å². The van der Waals surface area contributed by atoms with Crippen LogP contribution in [-0.4, -0.2) is 26.3 Å². The molecule has 6 N–H and O–H groups in total. The molecule has 0 heterocycles. The number of aliphatic hydroxyl groups excluding tert-OH is 2. The lowest BCUT2D eigenvalue weighted by Gasteiger charge is -2.11. The Morgan fingerprint density at radius 2 is 1.78 bits per heavy atom. The zero-order valence-corrected chi connectivity index (χ0v) is 5.17. The van der Waals surface area contributed by atoms with Gasteiger partial charge in [-0.25, -0.2) is 0 Å². The maximum Gasteiger partial charge on any atom is 0.284 e. The van der Waals surface area contributed by atoms with E-state index in [1.54, 1.807) is 0 Å². The molecule has 0 atom stereocenters. The molecule has 5 nitrogen and oxygen atoms in total. The van der Waals surface area contributed by atoms with Crippen molar-refractivity contribution in [3.05, 3.63) is 12.0 Å². The van der Waals surface area contributed by atoms with E-state index in [1.165, 1.54) is 0 Å². The zero-order valence-electron chi connectivity index (χ0n) is 4.35. The molecule has 0 aliphatic carbocycles. The summed E-state index contributed by atoms with van der Waals surface area (Å²) < 4.78 is 0. The van der Waals surface area contributed by atoms with Crippen LogP contribution < -0.4 is 5.73 Å². The molecule has 9 heavy (non-hydrogen) atoms. The van der Waals surface area contributed by atoms with Gasteiger partial charge in [0.1, 0.15) is 6.26 Å². The van der Waals surface area contributed by atoms with Crippen molar-refractivity contribution in [1.82, 2.24) is 0 Å². The molecule has 0 amide bonds. The van der Waals surface area contributed by atoms with Gasteiger partial charge >= 0.3 is 0 Å². The summed E-state index contributed by atoms with van der Waals surface area (Å²) in [7, 11) is 0. The lowest BCUT2D eigenvalue weighted by molar-refractivity contribution is -0.148. The fourth-order valence-electron chi connectivity index (χ4n) is 0.0950. The van der Waals surface area contributed by atoms with E-state index >= 15 is 0 Å². The average molecular weight is 158 g/mol. The van der Waals surface area contributed by atoms with Crippen molar-refractivity contribution >= 4 is 12.4 Å². The minimum Gasteiger partial charge on any atom is -0.512 e. The Balaban J connectivity index is 0. The van der Waals surface area contributed by atoms with E-state index in [9.17, 15) is 0 Å². The van der Waals surface area contributed by atoms with Crippen molar-refractivity contribution in [2.75, 3.05) is 0 Å². The summed E-state index contributed by atoms with van der Waals surface area (Å²) in [6.45, 7) is 0. The number of aliphatic hydroxyl groups is 4. The normalized spacial score (nSPS) is 12.6. The molecule has 0 saturated carbocycles. The molecular weight excluding hydrogens is 149 g/mol. The second-order valence-electron chi connectivity index (χ2n) is 1.24. The first-order valence-corrected chi connectivity index (χ1v) is 1.76. The first kappa shape index (κ1) is 11.3. The van der Waals surface area contributed by atoms with E-state index < -0.39 is 11.7 Å². The quantitative estimate of drug-likeness (QED) is 0.247. The van der Waals surface area contributed by atoms with Crippen LogP contribution in [-0.2, 0) is 0 Å². The van der Waals surface area contributed by atoms with E-state index in [0.717, 1.165) is 0 Å². The van der Waals surface area contributed by atoms with Crippen molar-refractivity contribution in [1.29, 1.82) is 0 Å². The van der Waals surface area contributed by atoms with Crippen LogP contribution in [0.5, 0.6) is 0 Å². The first-order chi connectivity index (χ1) is 3.48. The molecule has 56 valence electrons. The maximum atomic E-state index is 8.18. The third-order valence-corrected chi connectivity index (χ3v) is 0.499. The first-order valence-electron chi connectivity index (χ1n) is 1.76. The highest BCUT2D eigenvalue weighted by Gasteiger charge is 2.21. The Bertz CT molecular complexity index is 107. The van der Waals surface area contributed by atoms with Crippen LogP contribution >= 0.6 is 12.4 Å². The summed E-state index contributed by atoms with van der Waals surface area (Å²) in [4.78, 5) is 0. The van der Waals surface area contributed by atoms with Crippen molar-refractivity contribution in [3.63, 3.8) is 0 Å². The fraction of sp³-hybridized carbons (Fsp3) is 0.333. The Labute approximate surface area is 57.4 Å².